The van der Waals surface area contributed by atoms with Crippen LogP contribution in [0.25, 0.3) is 0 Å². The van der Waals surface area contributed by atoms with Crippen molar-refractivity contribution < 1.29 is 14.6 Å². The monoisotopic (exact) mass is 213 g/mol. The molecule has 0 spiro atoms. The van der Waals surface area contributed by atoms with Gasteiger partial charge in [0.05, 0.1) is 18.7 Å². The van der Waals surface area contributed by atoms with Crippen LogP contribution in [0.5, 0.6) is 0 Å². The van der Waals surface area contributed by atoms with Gasteiger partial charge in [-0.3, -0.25) is 4.90 Å². The second kappa shape index (κ2) is 4.23. The van der Waals surface area contributed by atoms with Crippen LogP contribution in [0.15, 0.2) is 12.2 Å². The van der Waals surface area contributed by atoms with Crippen molar-refractivity contribution in [2.75, 3.05) is 6.54 Å². The number of carbonyl (C=O) groups is 1. The predicted octanol–water partition coefficient (Wildman–Crippen LogP) is 1.54. The van der Waals surface area contributed by atoms with Crippen molar-refractivity contribution in [3.63, 3.8) is 0 Å². The number of amides is 1. The molecule has 1 amide bonds. The van der Waals surface area contributed by atoms with E-state index in [1.165, 1.54) is 4.90 Å². The van der Waals surface area contributed by atoms with Gasteiger partial charge < -0.3 is 9.84 Å². The Kier molecular flexibility index (Phi) is 3.39. The Morgan fingerprint density at radius 1 is 1.47 bits per heavy atom. The van der Waals surface area contributed by atoms with Gasteiger partial charge in [0.2, 0.25) is 0 Å². The Hall–Kier alpha value is -1.03. The largest absolute Gasteiger partial charge is 0.444 e. The third-order valence-corrected chi connectivity index (χ3v) is 2.12. The van der Waals surface area contributed by atoms with E-state index in [9.17, 15) is 9.90 Å². The molecular formula is C11H19NO3. The molecule has 0 bridgehead atoms. The van der Waals surface area contributed by atoms with Crippen LogP contribution in [0, 0.1) is 0 Å². The molecule has 0 saturated heterocycles. The summed E-state index contributed by atoms with van der Waals surface area (Å²) in [5, 5.41) is 9.41. The van der Waals surface area contributed by atoms with Crippen LogP contribution in [-0.4, -0.2) is 40.4 Å². The quantitative estimate of drug-likeness (QED) is 0.621. The Bertz CT molecular complexity index is 267. The first kappa shape index (κ1) is 12.0. The summed E-state index contributed by atoms with van der Waals surface area (Å²) < 4.78 is 5.24. The number of rotatable bonds is 0. The molecule has 15 heavy (non-hydrogen) atoms. The van der Waals surface area contributed by atoms with Crippen LogP contribution < -0.4 is 0 Å². The molecule has 0 aromatic carbocycles. The molecule has 1 heterocycles. The molecule has 4 nitrogen and oxygen atoms in total. The van der Waals surface area contributed by atoms with Crippen molar-refractivity contribution in [2.45, 2.75) is 45.4 Å². The summed E-state index contributed by atoms with van der Waals surface area (Å²) in [4.78, 5) is 13.3. The maximum atomic E-state index is 11.7. The van der Waals surface area contributed by atoms with Crippen LogP contribution in [0.2, 0.25) is 0 Å². The maximum Gasteiger partial charge on any atom is 0.410 e. The average molecular weight is 213 g/mol. The van der Waals surface area contributed by atoms with Gasteiger partial charge in [-0.2, -0.15) is 0 Å². The van der Waals surface area contributed by atoms with Gasteiger partial charge in [-0.05, 0) is 27.7 Å². The van der Waals surface area contributed by atoms with Gasteiger partial charge in [0.25, 0.3) is 0 Å². The lowest BCUT2D eigenvalue weighted by atomic mass is 10.1. The second-order valence-electron chi connectivity index (χ2n) is 4.83. The topological polar surface area (TPSA) is 49.8 Å². The Morgan fingerprint density at radius 2 is 2.07 bits per heavy atom. The summed E-state index contributed by atoms with van der Waals surface area (Å²) in [5.41, 5.74) is -0.497. The summed E-state index contributed by atoms with van der Waals surface area (Å²) in [5.74, 6) is 0. The van der Waals surface area contributed by atoms with E-state index in [1.54, 1.807) is 12.2 Å². The number of ether oxygens (including phenoxy) is 1. The van der Waals surface area contributed by atoms with E-state index in [0.29, 0.717) is 6.54 Å². The summed E-state index contributed by atoms with van der Waals surface area (Å²) in [6.45, 7) is 7.67. The Balaban J connectivity index is 2.64. The third kappa shape index (κ3) is 3.55. The Morgan fingerprint density at radius 3 is 2.60 bits per heavy atom. The highest BCUT2D eigenvalue weighted by Crippen LogP contribution is 2.15. The molecule has 1 rings (SSSR count). The highest BCUT2D eigenvalue weighted by molar-refractivity contribution is 5.69. The lowest BCUT2D eigenvalue weighted by molar-refractivity contribution is 0.0113. The van der Waals surface area contributed by atoms with E-state index in [-0.39, 0.29) is 12.1 Å². The van der Waals surface area contributed by atoms with Gasteiger partial charge in [0.15, 0.2) is 0 Å². The first-order valence-electron chi connectivity index (χ1n) is 5.15. The molecule has 0 aliphatic carbocycles. The van der Waals surface area contributed by atoms with E-state index >= 15 is 0 Å². The first-order valence-corrected chi connectivity index (χ1v) is 5.15. The minimum Gasteiger partial charge on any atom is -0.444 e. The molecule has 1 aliphatic heterocycles. The minimum atomic E-state index is -0.589. The first-order chi connectivity index (χ1) is 6.79. The molecule has 0 unspecified atom stereocenters. The molecule has 0 saturated carbocycles. The highest BCUT2D eigenvalue weighted by atomic mass is 16.6. The number of hydrogen-bond donors (Lipinski definition) is 1. The molecule has 0 aromatic heterocycles. The van der Waals surface area contributed by atoms with Crippen LogP contribution >= 0.6 is 0 Å². The van der Waals surface area contributed by atoms with Crippen molar-refractivity contribution in [3.8, 4) is 0 Å². The lowest BCUT2D eigenvalue weighted by Gasteiger charge is -2.33. The number of aliphatic hydroxyl groups is 1. The SMILES string of the molecule is C[C@@H]1C=C[C@H](O)CN1C(=O)OC(C)(C)C. The summed E-state index contributed by atoms with van der Waals surface area (Å²) in [7, 11) is 0. The fourth-order valence-corrected chi connectivity index (χ4v) is 1.38. The Labute approximate surface area is 90.5 Å². The molecule has 4 heteroatoms. The van der Waals surface area contributed by atoms with Crippen LogP contribution in [0.4, 0.5) is 4.79 Å². The normalized spacial score (nSPS) is 26.6. The van der Waals surface area contributed by atoms with E-state index in [4.69, 9.17) is 4.74 Å². The molecule has 86 valence electrons. The van der Waals surface area contributed by atoms with Crippen molar-refractivity contribution in [1.82, 2.24) is 4.90 Å². The smallest absolute Gasteiger partial charge is 0.410 e. The number of carbonyl (C=O) groups excluding carboxylic acids is 1. The number of aliphatic hydroxyl groups excluding tert-OH is 1. The molecule has 0 radical (unpaired) electrons. The van der Waals surface area contributed by atoms with Crippen molar-refractivity contribution >= 4 is 6.09 Å². The molecule has 0 fully saturated rings. The summed E-state index contributed by atoms with van der Waals surface area (Å²) >= 11 is 0. The predicted molar refractivity (Wildman–Crippen MR) is 57.5 cm³/mol. The zero-order valence-corrected chi connectivity index (χ0v) is 9.73. The number of nitrogens with zero attached hydrogens (tertiary/aromatic N) is 1. The van der Waals surface area contributed by atoms with Gasteiger partial charge in [0.1, 0.15) is 5.60 Å². The molecule has 2 atom stereocenters. The van der Waals surface area contributed by atoms with E-state index in [2.05, 4.69) is 0 Å². The highest BCUT2D eigenvalue weighted by Gasteiger charge is 2.28. The second-order valence-corrected chi connectivity index (χ2v) is 4.83. The fourth-order valence-electron chi connectivity index (χ4n) is 1.38. The maximum absolute atomic E-state index is 11.7. The molecule has 1 N–H and O–H groups in total. The van der Waals surface area contributed by atoms with Crippen molar-refractivity contribution in [2.24, 2.45) is 0 Å². The minimum absolute atomic E-state index is 0.0248. The lowest BCUT2D eigenvalue weighted by Crippen LogP contribution is -2.47. The number of β-amino-alcohol motifs (C(OH)–C–C–N with tert-alkyl or cyclic N) is 1. The van der Waals surface area contributed by atoms with Crippen LogP contribution in [0.3, 0.4) is 0 Å². The van der Waals surface area contributed by atoms with Crippen LogP contribution in [-0.2, 0) is 4.74 Å². The van der Waals surface area contributed by atoms with E-state index < -0.39 is 11.7 Å². The van der Waals surface area contributed by atoms with Gasteiger partial charge in [-0.25, -0.2) is 4.79 Å². The zero-order valence-electron chi connectivity index (χ0n) is 9.73. The van der Waals surface area contributed by atoms with Crippen LogP contribution in [0.1, 0.15) is 27.7 Å². The molecule has 0 aromatic rings. The standard InChI is InChI=1S/C11H19NO3/c1-8-5-6-9(13)7-12(8)10(14)15-11(2,3)4/h5-6,8-9,13H,7H2,1-4H3/t8-,9+/m1/s1. The third-order valence-electron chi connectivity index (χ3n) is 2.12. The van der Waals surface area contributed by atoms with E-state index in [0.717, 1.165) is 0 Å². The van der Waals surface area contributed by atoms with E-state index in [1.807, 2.05) is 27.7 Å². The molecule has 1 aliphatic rings. The number of hydrogen-bond acceptors (Lipinski definition) is 3. The van der Waals surface area contributed by atoms with Gasteiger partial charge in [0, 0.05) is 0 Å². The average Bonchev–Trinajstić information content (AvgIpc) is 2.06. The summed E-state index contributed by atoms with van der Waals surface area (Å²) in [6, 6.07) is -0.0248. The molecular weight excluding hydrogens is 194 g/mol. The summed E-state index contributed by atoms with van der Waals surface area (Å²) in [6.07, 6.45) is 2.54. The fraction of sp³-hybridized carbons (Fsp3) is 0.727. The van der Waals surface area contributed by atoms with Crippen molar-refractivity contribution in [3.05, 3.63) is 12.2 Å². The zero-order chi connectivity index (χ0) is 11.6. The van der Waals surface area contributed by atoms with Gasteiger partial charge >= 0.3 is 6.09 Å². The van der Waals surface area contributed by atoms with Crippen molar-refractivity contribution in [1.29, 1.82) is 0 Å². The van der Waals surface area contributed by atoms with Gasteiger partial charge in [-0.15, -0.1) is 0 Å². The van der Waals surface area contributed by atoms with Gasteiger partial charge in [-0.1, -0.05) is 12.2 Å².